The predicted octanol–water partition coefficient (Wildman–Crippen LogP) is 3.36. The minimum absolute atomic E-state index is 0.0524. The monoisotopic (exact) mass is 392 g/mol. The smallest absolute Gasteiger partial charge is 0.254 e. The Bertz CT molecular complexity index is 1070. The highest BCUT2D eigenvalue weighted by Gasteiger charge is 2.18. The quantitative estimate of drug-likeness (QED) is 0.695. The molecule has 0 aliphatic heterocycles. The number of ether oxygens (including phenoxy) is 1. The number of amides is 2. The lowest BCUT2D eigenvalue weighted by molar-refractivity contribution is -0.116. The van der Waals surface area contributed by atoms with Crippen molar-refractivity contribution < 1.29 is 14.3 Å². The Morgan fingerprint density at radius 1 is 1.03 bits per heavy atom. The number of likely N-dealkylation sites (N-methyl/N-ethyl adjacent to an activating group) is 1. The molecule has 7 nitrogen and oxygen atoms in total. The molecule has 7 heteroatoms. The molecule has 1 N–H and O–H groups in total. The fourth-order valence-corrected chi connectivity index (χ4v) is 2.95. The van der Waals surface area contributed by atoms with Gasteiger partial charge in [0.25, 0.3) is 5.91 Å². The molecule has 3 rings (SSSR count). The van der Waals surface area contributed by atoms with Gasteiger partial charge in [0.2, 0.25) is 5.91 Å². The summed E-state index contributed by atoms with van der Waals surface area (Å²) in [7, 11) is 1.56. The zero-order valence-corrected chi connectivity index (χ0v) is 17.0. The van der Waals surface area contributed by atoms with Crippen molar-refractivity contribution in [3.05, 3.63) is 59.4 Å². The lowest BCUT2D eigenvalue weighted by atomic mass is 10.1. The van der Waals surface area contributed by atoms with Crippen LogP contribution in [0.3, 0.4) is 0 Å². The average molecular weight is 392 g/mol. The highest BCUT2D eigenvalue weighted by molar-refractivity contribution is 6.01. The molecular formula is C22H24N4O3. The number of hydrogen-bond donors (Lipinski definition) is 1. The molecule has 1 aromatic heterocycles. The van der Waals surface area contributed by atoms with Gasteiger partial charge in [-0.2, -0.15) is 0 Å². The molecule has 29 heavy (non-hydrogen) atoms. The third kappa shape index (κ3) is 4.68. The highest BCUT2D eigenvalue weighted by atomic mass is 16.5. The van der Waals surface area contributed by atoms with E-state index in [0.29, 0.717) is 29.1 Å². The standard InChI is InChI=1S/C22H24N4O3/c1-5-26(13-21(27)25-17-7-6-8-18(12-17)29-4)22(28)16-9-10-19-20(11-16)24-15(3)14(2)23-19/h6-12H,5,13H2,1-4H3,(H,25,27). The number of fused-ring (bicyclic) bond motifs is 1. The van der Waals surface area contributed by atoms with Crippen molar-refractivity contribution in [2.45, 2.75) is 20.8 Å². The number of nitrogens with zero attached hydrogens (tertiary/aromatic N) is 3. The van der Waals surface area contributed by atoms with E-state index in [2.05, 4.69) is 15.3 Å². The van der Waals surface area contributed by atoms with Crippen LogP contribution in [0.5, 0.6) is 5.75 Å². The molecule has 0 saturated carbocycles. The average Bonchev–Trinajstić information content (AvgIpc) is 2.72. The van der Waals surface area contributed by atoms with Crippen LogP contribution in [0, 0.1) is 13.8 Å². The Labute approximate surface area is 169 Å². The summed E-state index contributed by atoms with van der Waals surface area (Å²) in [6.07, 6.45) is 0. The fourth-order valence-electron chi connectivity index (χ4n) is 2.95. The van der Waals surface area contributed by atoms with Crippen molar-refractivity contribution in [2.75, 3.05) is 25.5 Å². The second kappa shape index (κ2) is 8.68. The summed E-state index contributed by atoms with van der Waals surface area (Å²) in [5, 5.41) is 2.80. The van der Waals surface area contributed by atoms with E-state index in [0.717, 1.165) is 16.9 Å². The summed E-state index contributed by atoms with van der Waals surface area (Å²) in [4.78, 5) is 35.9. The first-order chi connectivity index (χ1) is 13.9. The van der Waals surface area contributed by atoms with E-state index in [1.807, 2.05) is 20.8 Å². The topological polar surface area (TPSA) is 84.4 Å². The van der Waals surface area contributed by atoms with Gasteiger partial charge < -0.3 is 15.0 Å². The van der Waals surface area contributed by atoms with Crippen molar-refractivity contribution in [2.24, 2.45) is 0 Å². The van der Waals surface area contributed by atoms with Gasteiger partial charge in [-0.15, -0.1) is 0 Å². The summed E-state index contributed by atoms with van der Waals surface area (Å²) in [5.74, 6) is 0.143. The van der Waals surface area contributed by atoms with Crippen LogP contribution in [0.1, 0.15) is 28.7 Å². The summed E-state index contributed by atoms with van der Waals surface area (Å²) < 4.78 is 5.16. The molecule has 0 unspecified atom stereocenters. The van der Waals surface area contributed by atoms with E-state index >= 15 is 0 Å². The molecule has 0 fully saturated rings. The minimum atomic E-state index is -0.277. The van der Waals surface area contributed by atoms with Gasteiger partial charge in [-0.05, 0) is 51.1 Å². The van der Waals surface area contributed by atoms with E-state index in [1.165, 1.54) is 4.90 Å². The third-order valence-electron chi connectivity index (χ3n) is 4.68. The van der Waals surface area contributed by atoms with Gasteiger partial charge in [-0.1, -0.05) is 6.07 Å². The molecule has 0 aliphatic carbocycles. The largest absolute Gasteiger partial charge is 0.497 e. The number of benzene rings is 2. The first-order valence-corrected chi connectivity index (χ1v) is 9.39. The normalized spacial score (nSPS) is 10.6. The molecule has 0 saturated heterocycles. The Morgan fingerprint density at radius 3 is 2.45 bits per heavy atom. The van der Waals surface area contributed by atoms with Crippen LogP contribution >= 0.6 is 0 Å². The summed E-state index contributed by atoms with van der Waals surface area (Å²) in [6.45, 7) is 5.98. The molecule has 0 atom stereocenters. The molecule has 3 aromatic rings. The SMILES string of the molecule is CCN(CC(=O)Nc1cccc(OC)c1)C(=O)c1ccc2nc(C)c(C)nc2c1. The Balaban J connectivity index is 1.75. The molecule has 150 valence electrons. The fraction of sp³-hybridized carbons (Fsp3) is 0.273. The summed E-state index contributed by atoms with van der Waals surface area (Å²) in [6, 6.07) is 12.3. The van der Waals surface area contributed by atoms with Crippen LogP contribution in [-0.2, 0) is 4.79 Å². The Hall–Kier alpha value is -3.48. The molecule has 2 amide bonds. The third-order valence-corrected chi connectivity index (χ3v) is 4.68. The molecule has 0 bridgehead atoms. The van der Waals surface area contributed by atoms with Crippen molar-refractivity contribution in [3.8, 4) is 5.75 Å². The van der Waals surface area contributed by atoms with Crippen LogP contribution in [0.2, 0.25) is 0 Å². The van der Waals surface area contributed by atoms with Crippen LogP contribution < -0.4 is 10.1 Å². The van der Waals surface area contributed by atoms with Crippen LogP contribution in [0.15, 0.2) is 42.5 Å². The summed E-state index contributed by atoms with van der Waals surface area (Å²) >= 11 is 0. The number of anilines is 1. The van der Waals surface area contributed by atoms with Crippen LogP contribution in [0.4, 0.5) is 5.69 Å². The van der Waals surface area contributed by atoms with E-state index < -0.39 is 0 Å². The van der Waals surface area contributed by atoms with Gasteiger partial charge in [0, 0.05) is 23.9 Å². The van der Waals surface area contributed by atoms with Crippen LogP contribution in [0.25, 0.3) is 11.0 Å². The highest BCUT2D eigenvalue weighted by Crippen LogP contribution is 2.18. The van der Waals surface area contributed by atoms with E-state index in [4.69, 9.17) is 4.74 Å². The lowest BCUT2D eigenvalue weighted by Gasteiger charge is -2.20. The van der Waals surface area contributed by atoms with Gasteiger partial charge in [-0.25, -0.2) is 9.97 Å². The molecule has 0 aliphatic rings. The number of carbonyl (C=O) groups is 2. The van der Waals surface area contributed by atoms with Crippen molar-refractivity contribution >= 4 is 28.5 Å². The number of rotatable bonds is 6. The Morgan fingerprint density at radius 2 is 1.76 bits per heavy atom. The maximum Gasteiger partial charge on any atom is 0.254 e. The molecule has 1 heterocycles. The summed E-state index contributed by atoms with van der Waals surface area (Å²) in [5.41, 5.74) is 4.18. The lowest BCUT2D eigenvalue weighted by Crippen LogP contribution is -2.37. The van der Waals surface area contributed by atoms with Gasteiger partial charge in [-0.3, -0.25) is 9.59 Å². The number of hydrogen-bond acceptors (Lipinski definition) is 5. The number of methoxy groups -OCH3 is 1. The van der Waals surface area contributed by atoms with Crippen molar-refractivity contribution in [1.82, 2.24) is 14.9 Å². The Kier molecular flexibility index (Phi) is 6.07. The maximum atomic E-state index is 12.9. The minimum Gasteiger partial charge on any atom is -0.497 e. The number of aromatic nitrogens is 2. The molecule has 0 spiro atoms. The van der Waals surface area contributed by atoms with Crippen LogP contribution in [-0.4, -0.2) is 46.9 Å². The van der Waals surface area contributed by atoms with Crippen molar-refractivity contribution in [3.63, 3.8) is 0 Å². The predicted molar refractivity (Wildman–Crippen MR) is 112 cm³/mol. The maximum absolute atomic E-state index is 12.9. The van der Waals surface area contributed by atoms with E-state index in [1.54, 1.807) is 49.6 Å². The van der Waals surface area contributed by atoms with Gasteiger partial charge >= 0.3 is 0 Å². The van der Waals surface area contributed by atoms with E-state index in [-0.39, 0.29) is 18.4 Å². The number of aryl methyl sites for hydroxylation is 2. The molecule has 2 aromatic carbocycles. The zero-order chi connectivity index (χ0) is 21.0. The number of carbonyl (C=O) groups excluding carboxylic acids is 2. The zero-order valence-electron chi connectivity index (χ0n) is 17.0. The second-order valence-corrected chi connectivity index (χ2v) is 6.70. The molecule has 0 radical (unpaired) electrons. The first-order valence-electron chi connectivity index (χ1n) is 9.39. The number of nitrogens with one attached hydrogen (secondary N) is 1. The van der Waals surface area contributed by atoms with Gasteiger partial charge in [0.1, 0.15) is 12.3 Å². The first kappa shape index (κ1) is 20.3. The van der Waals surface area contributed by atoms with Gasteiger partial charge in [0.15, 0.2) is 0 Å². The van der Waals surface area contributed by atoms with E-state index in [9.17, 15) is 9.59 Å². The second-order valence-electron chi connectivity index (χ2n) is 6.70. The van der Waals surface area contributed by atoms with Crippen molar-refractivity contribution in [1.29, 1.82) is 0 Å². The molecular weight excluding hydrogens is 368 g/mol. The van der Waals surface area contributed by atoms with Gasteiger partial charge in [0.05, 0.1) is 29.5 Å².